The second-order valence-corrected chi connectivity index (χ2v) is 17.5. The molecule has 0 aliphatic carbocycles. The van der Waals surface area contributed by atoms with E-state index >= 15 is 0 Å². The third-order valence-corrected chi connectivity index (χ3v) is 14.6. The van der Waals surface area contributed by atoms with E-state index in [9.17, 15) is 5.26 Å². The molecule has 0 fully saturated rings. The van der Waals surface area contributed by atoms with Crippen molar-refractivity contribution in [3.8, 4) is 28.3 Å². The standard InChI is InChI=1S/C55H49B2N3/c1-30-23-49-55-50(24-30)57(54-39(10)35(6)32(3)36(7)40(54)11)48-28-45(43-17-14-18-46(26-43)59-12)20-22-52(48)60(55)51-21-19-44(42-16-13-15-41(25-42)29-58)27-47(51)56(49)53-37(8)33(4)31(2)34(5)38(53)9/h13-28H,1-11H3. The van der Waals surface area contributed by atoms with Crippen LogP contribution in [-0.2, 0) is 0 Å². The summed E-state index contributed by atoms with van der Waals surface area (Å²) in [4.78, 5) is 6.35. The van der Waals surface area contributed by atoms with Crippen molar-refractivity contribution >= 4 is 69.0 Å². The minimum atomic E-state index is -0.0245. The van der Waals surface area contributed by atoms with Crippen LogP contribution in [0.15, 0.2) is 97.1 Å². The molecule has 2 aliphatic heterocycles. The molecule has 0 unspecified atom stereocenters. The molecule has 0 bridgehead atoms. The number of benzene rings is 7. The van der Waals surface area contributed by atoms with Crippen LogP contribution >= 0.6 is 0 Å². The molecule has 0 saturated carbocycles. The quantitative estimate of drug-likeness (QED) is 0.132. The number of hydrogen-bond donors (Lipinski definition) is 0. The molecule has 7 aromatic rings. The number of rotatable bonds is 4. The van der Waals surface area contributed by atoms with Gasteiger partial charge in [-0.2, -0.15) is 5.26 Å². The van der Waals surface area contributed by atoms with Gasteiger partial charge < -0.3 is 4.90 Å². The maximum atomic E-state index is 9.88. The summed E-state index contributed by atoms with van der Waals surface area (Å²) < 4.78 is 0. The Morgan fingerprint density at radius 2 is 0.883 bits per heavy atom. The molecule has 0 amide bonds. The van der Waals surface area contributed by atoms with Crippen molar-refractivity contribution in [1.29, 1.82) is 5.26 Å². The molecule has 0 radical (unpaired) electrons. The predicted molar refractivity (Wildman–Crippen MR) is 257 cm³/mol. The Morgan fingerprint density at radius 3 is 1.33 bits per heavy atom. The van der Waals surface area contributed by atoms with Crippen LogP contribution in [-0.4, -0.2) is 13.4 Å². The molecule has 0 atom stereocenters. The second-order valence-electron chi connectivity index (χ2n) is 17.5. The molecule has 0 spiro atoms. The first-order valence-corrected chi connectivity index (χ1v) is 21.1. The van der Waals surface area contributed by atoms with E-state index in [4.69, 9.17) is 6.57 Å². The zero-order chi connectivity index (χ0) is 42.5. The van der Waals surface area contributed by atoms with Crippen molar-refractivity contribution in [1.82, 2.24) is 0 Å². The zero-order valence-electron chi connectivity index (χ0n) is 36.7. The second kappa shape index (κ2) is 14.3. The van der Waals surface area contributed by atoms with Crippen LogP contribution in [0.2, 0.25) is 0 Å². The molecular formula is C55H49B2N3. The summed E-state index contributed by atoms with van der Waals surface area (Å²) in [6.45, 7) is 33.0. The molecule has 2 heterocycles. The van der Waals surface area contributed by atoms with E-state index in [-0.39, 0.29) is 13.4 Å². The minimum Gasteiger partial charge on any atom is -0.313 e. The van der Waals surface area contributed by atoms with Gasteiger partial charge in [0.2, 0.25) is 13.4 Å². The molecule has 0 N–H and O–H groups in total. The number of nitriles is 1. The van der Waals surface area contributed by atoms with Gasteiger partial charge >= 0.3 is 0 Å². The van der Waals surface area contributed by atoms with Crippen LogP contribution in [0.1, 0.15) is 66.8 Å². The molecule has 9 rings (SSSR count). The first kappa shape index (κ1) is 38.9. The van der Waals surface area contributed by atoms with Crippen LogP contribution in [0, 0.1) is 94.1 Å². The third-order valence-electron chi connectivity index (χ3n) is 14.6. The lowest BCUT2D eigenvalue weighted by molar-refractivity contribution is 1.19. The Morgan fingerprint density at radius 1 is 0.467 bits per heavy atom. The van der Waals surface area contributed by atoms with Crippen molar-refractivity contribution in [2.45, 2.75) is 76.2 Å². The van der Waals surface area contributed by atoms with Crippen LogP contribution in [0.5, 0.6) is 0 Å². The highest BCUT2D eigenvalue weighted by Gasteiger charge is 2.45. The Hall–Kier alpha value is -6.55. The number of nitrogens with zero attached hydrogens (tertiary/aromatic N) is 3. The normalized spacial score (nSPS) is 12.4. The van der Waals surface area contributed by atoms with Crippen LogP contribution in [0.4, 0.5) is 22.7 Å². The smallest absolute Gasteiger partial charge is 0.247 e. The summed E-state index contributed by atoms with van der Waals surface area (Å²) in [5.74, 6) is 0. The molecular weight excluding hydrogens is 724 g/mol. The van der Waals surface area contributed by atoms with E-state index in [1.165, 1.54) is 111 Å². The maximum Gasteiger partial charge on any atom is 0.247 e. The highest BCUT2D eigenvalue weighted by molar-refractivity contribution is 7.02. The van der Waals surface area contributed by atoms with E-state index in [1.54, 1.807) is 0 Å². The minimum absolute atomic E-state index is 0.0224. The molecule has 7 aromatic carbocycles. The topological polar surface area (TPSA) is 31.4 Å². The molecule has 0 saturated heterocycles. The fourth-order valence-electron chi connectivity index (χ4n) is 10.6. The van der Waals surface area contributed by atoms with Gasteiger partial charge in [-0.1, -0.05) is 105 Å². The van der Waals surface area contributed by atoms with Gasteiger partial charge in [0.15, 0.2) is 5.69 Å². The summed E-state index contributed by atoms with van der Waals surface area (Å²) in [6.07, 6.45) is 0. The van der Waals surface area contributed by atoms with Crippen LogP contribution in [0.25, 0.3) is 27.1 Å². The molecule has 2 aliphatic rings. The predicted octanol–water partition coefficient (Wildman–Crippen LogP) is 9.96. The summed E-state index contributed by atoms with van der Waals surface area (Å²) in [7, 11) is 0. The number of hydrogen-bond acceptors (Lipinski definition) is 2. The summed E-state index contributed by atoms with van der Waals surface area (Å²) >= 11 is 0. The SMILES string of the molecule is [C-]#[N+]c1cccc(-c2ccc3c(c2)B(c2c(C)c(C)c(C)c(C)c2C)c2cc(C)cc4c2N3c2ccc(-c3cccc(C#N)c3)cc2B4c2c(C)c(C)c(C)c(C)c2C)c1. The average molecular weight is 774 g/mol. The average Bonchev–Trinajstić information content (AvgIpc) is 3.27. The van der Waals surface area contributed by atoms with Crippen molar-refractivity contribution in [3.63, 3.8) is 0 Å². The fourth-order valence-corrected chi connectivity index (χ4v) is 10.6. The molecule has 290 valence electrons. The van der Waals surface area contributed by atoms with Gasteiger partial charge in [-0.25, -0.2) is 4.85 Å². The van der Waals surface area contributed by atoms with E-state index < -0.39 is 0 Å². The zero-order valence-corrected chi connectivity index (χ0v) is 36.7. The highest BCUT2D eigenvalue weighted by Crippen LogP contribution is 2.41. The van der Waals surface area contributed by atoms with Crippen LogP contribution < -0.4 is 37.7 Å². The van der Waals surface area contributed by atoms with E-state index in [0.29, 0.717) is 11.3 Å². The van der Waals surface area contributed by atoms with Gasteiger partial charge in [0.25, 0.3) is 0 Å². The van der Waals surface area contributed by atoms with Gasteiger partial charge in [0, 0.05) is 17.1 Å². The Kier molecular flexibility index (Phi) is 9.30. The summed E-state index contributed by atoms with van der Waals surface area (Å²) in [5.41, 5.74) is 32.0. The number of anilines is 3. The Labute approximate surface area is 357 Å². The first-order chi connectivity index (χ1) is 28.7. The highest BCUT2D eigenvalue weighted by atomic mass is 15.2. The number of aryl methyl sites for hydroxylation is 1. The van der Waals surface area contributed by atoms with Crippen molar-refractivity contribution in [2.24, 2.45) is 0 Å². The monoisotopic (exact) mass is 773 g/mol. The first-order valence-electron chi connectivity index (χ1n) is 21.1. The lowest BCUT2D eigenvalue weighted by Gasteiger charge is -2.45. The molecule has 3 nitrogen and oxygen atoms in total. The Bertz CT molecular complexity index is 2840. The lowest BCUT2D eigenvalue weighted by Crippen LogP contribution is -2.66. The van der Waals surface area contributed by atoms with Gasteiger partial charge in [0.1, 0.15) is 0 Å². The van der Waals surface area contributed by atoms with Gasteiger partial charge in [-0.15, -0.1) is 0 Å². The van der Waals surface area contributed by atoms with Crippen molar-refractivity contribution in [2.75, 3.05) is 4.90 Å². The van der Waals surface area contributed by atoms with E-state index in [2.05, 4.69) is 153 Å². The van der Waals surface area contributed by atoms with E-state index in [1.807, 2.05) is 36.4 Å². The maximum absolute atomic E-state index is 9.88. The van der Waals surface area contributed by atoms with Crippen molar-refractivity contribution < 1.29 is 0 Å². The largest absolute Gasteiger partial charge is 0.313 e. The lowest BCUT2D eigenvalue weighted by atomic mass is 9.29. The summed E-state index contributed by atoms with van der Waals surface area (Å²) in [6, 6.07) is 37.3. The molecule has 5 heteroatoms. The van der Waals surface area contributed by atoms with E-state index in [0.717, 1.165) is 22.3 Å². The molecule has 60 heavy (non-hydrogen) atoms. The Balaban J connectivity index is 1.43. The fraction of sp³-hybridized carbons (Fsp3) is 0.200. The van der Waals surface area contributed by atoms with Crippen LogP contribution in [0.3, 0.4) is 0 Å². The number of fused-ring (bicyclic) bond motifs is 4. The molecule has 0 aromatic heterocycles. The van der Waals surface area contributed by atoms with Crippen molar-refractivity contribution in [3.05, 3.63) is 175 Å². The third kappa shape index (κ3) is 5.71. The summed E-state index contributed by atoms with van der Waals surface area (Å²) in [5, 5.41) is 9.88. The van der Waals surface area contributed by atoms with Gasteiger partial charge in [-0.05, 0) is 184 Å². The van der Waals surface area contributed by atoms with Gasteiger partial charge in [-0.3, -0.25) is 0 Å². The van der Waals surface area contributed by atoms with Gasteiger partial charge in [0.05, 0.1) is 18.2 Å².